The number of hydrogen-bond donors (Lipinski definition) is 0. The molecule has 0 amide bonds. The van der Waals surface area contributed by atoms with E-state index in [-0.39, 0.29) is 12.5 Å². The van der Waals surface area contributed by atoms with Crippen LogP contribution in [0.1, 0.15) is 6.92 Å². The van der Waals surface area contributed by atoms with E-state index in [1.807, 2.05) is 0 Å². The van der Waals surface area contributed by atoms with Crippen molar-refractivity contribution in [2.24, 2.45) is 5.92 Å². The third-order valence-corrected chi connectivity index (χ3v) is 1.26. The fraction of sp³-hybridized carbons (Fsp3) is 0.800. The van der Waals surface area contributed by atoms with Crippen molar-refractivity contribution >= 4 is 14.3 Å². The summed E-state index contributed by atoms with van der Waals surface area (Å²) in [7, 11) is -1.55. The second kappa shape index (κ2) is 4.59. The molecule has 3 nitrogen and oxygen atoms in total. The minimum absolute atomic E-state index is 0.149. The van der Waals surface area contributed by atoms with E-state index in [4.69, 9.17) is 0 Å². The molecule has 0 aromatic heterocycles. The minimum atomic E-state index is -1.55. The molecular weight excluding hydrogens is 139 g/mol. The number of aldehydes is 1. The Bertz CT molecular complexity index is 113. The molecule has 0 aliphatic rings. The first kappa shape index (κ1) is 8.73. The summed E-state index contributed by atoms with van der Waals surface area (Å²) < 4.78 is 14.9. The van der Waals surface area contributed by atoms with Crippen molar-refractivity contribution in [1.82, 2.24) is 0 Å². The monoisotopic (exact) mass is 149 g/mol. The molecule has 2 unspecified atom stereocenters. The van der Waals surface area contributed by atoms with Crippen LogP contribution in [0, 0.1) is 5.92 Å². The van der Waals surface area contributed by atoms with Crippen LogP contribution in [0.4, 0.5) is 0 Å². The second-order valence-electron chi connectivity index (χ2n) is 1.85. The van der Waals surface area contributed by atoms with Gasteiger partial charge in [-0.15, -0.1) is 4.52 Å². The summed E-state index contributed by atoms with van der Waals surface area (Å²) in [6, 6.07) is 0. The largest absolute Gasteiger partial charge is 0.504 e. The zero-order valence-corrected chi connectivity index (χ0v) is 6.43. The number of rotatable bonds is 4. The Labute approximate surface area is 55.3 Å². The van der Waals surface area contributed by atoms with E-state index in [0.29, 0.717) is 0 Å². The molecule has 9 heavy (non-hydrogen) atoms. The molecule has 0 spiro atoms. The Morgan fingerprint density at radius 1 is 1.78 bits per heavy atom. The zero-order valence-electron chi connectivity index (χ0n) is 5.53. The van der Waals surface area contributed by atoms with Crippen molar-refractivity contribution in [3.63, 3.8) is 0 Å². The highest BCUT2D eigenvalue weighted by Gasteiger charge is 2.09. The molecule has 0 aromatic carbocycles. The van der Waals surface area contributed by atoms with Crippen LogP contribution in [0.2, 0.25) is 0 Å². The summed E-state index contributed by atoms with van der Waals surface area (Å²) in [6.45, 7) is 3.44. The summed E-state index contributed by atoms with van der Waals surface area (Å²) in [5, 5.41) is 0. The lowest BCUT2D eigenvalue weighted by atomic mass is 10.2. The van der Waals surface area contributed by atoms with Gasteiger partial charge in [0.05, 0.1) is 0 Å². The SMILES string of the molecule is CC(C=O)CO[P+](C)=O. The summed E-state index contributed by atoms with van der Waals surface area (Å²) in [4.78, 5) is 9.94. The van der Waals surface area contributed by atoms with Crippen LogP contribution in [0.25, 0.3) is 0 Å². The molecule has 0 aliphatic carbocycles. The van der Waals surface area contributed by atoms with Crippen molar-refractivity contribution in [1.29, 1.82) is 0 Å². The van der Waals surface area contributed by atoms with Gasteiger partial charge >= 0.3 is 8.03 Å². The summed E-state index contributed by atoms with van der Waals surface area (Å²) in [5.74, 6) is -0.149. The average Bonchev–Trinajstić information content (AvgIpc) is 1.83. The van der Waals surface area contributed by atoms with Crippen LogP contribution < -0.4 is 0 Å². The van der Waals surface area contributed by atoms with Crippen molar-refractivity contribution in [2.75, 3.05) is 13.3 Å². The van der Waals surface area contributed by atoms with Crippen LogP contribution in [0.15, 0.2) is 0 Å². The van der Waals surface area contributed by atoms with Crippen LogP contribution in [-0.4, -0.2) is 19.6 Å². The Morgan fingerprint density at radius 2 is 2.33 bits per heavy atom. The fourth-order valence-electron chi connectivity index (χ4n) is 0.262. The molecule has 4 heteroatoms. The lowest BCUT2D eigenvalue weighted by Crippen LogP contribution is -2.02. The van der Waals surface area contributed by atoms with Crippen LogP contribution in [0.5, 0.6) is 0 Å². The Kier molecular flexibility index (Phi) is 4.46. The van der Waals surface area contributed by atoms with Crippen molar-refractivity contribution in [2.45, 2.75) is 6.92 Å². The van der Waals surface area contributed by atoms with E-state index in [0.717, 1.165) is 6.29 Å². The van der Waals surface area contributed by atoms with Crippen LogP contribution in [-0.2, 0) is 13.9 Å². The molecule has 0 rings (SSSR count). The second-order valence-corrected chi connectivity index (χ2v) is 2.99. The molecule has 0 bridgehead atoms. The molecule has 52 valence electrons. The lowest BCUT2D eigenvalue weighted by molar-refractivity contribution is -0.111. The van der Waals surface area contributed by atoms with E-state index in [2.05, 4.69) is 4.52 Å². The number of carbonyl (C=O) groups excluding carboxylic acids is 1. The molecule has 0 aromatic rings. The highest BCUT2D eigenvalue weighted by molar-refractivity contribution is 7.38. The maximum atomic E-state index is 10.3. The molecule has 2 atom stereocenters. The smallest absolute Gasteiger partial charge is 0.303 e. The quantitative estimate of drug-likeness (QED) is 0.445. The third-order valence-electron chi connectivity index (χ3n) is 0.752. The van der Waals surface area contributed by atoms with E-state index in [1.54, 1.807) is 6.92 Å². The summed E-state index contributed by atoms with van der Waals surface area (Å²) in [5.41, 5.74) is 0. The third kappa shape index (κ3) is 5.60. The van der Waals surface area contributed by atoms with Crippen molar-refractivity contribution in [3.05, 3.63) is 0 Å². The zero-order chi connectivity index (χ0) is 7.28. The number of hydrogen-bond acceptors (Lipinski definition) is 3. The van der Waals surface area contributed by atoms with Gasteiger partial charge in [0, 0.05) is 5.92 Å². The summed E-state index contributed by atoms with van der Waals surface area (Å²) >= 11 is 0. The molecule has 0 heterocycles. The van der Waals surface area contributed by atoms with Crippen LogP contribution in [0.3, 0.4) is 0 Å². The molecular formula is C5H10O3P+. The minimum Gasteiger partial charge on any atom is -0.303 e. The number of carbonyl (C=O) groups is 1. The first-order valence-corrected chi connectivity index (χ1v) is 4.28. The standard InChI is InChI=1S/C5H10O3P/c1-5(3-6)4-8-9(2)7/h3,5H,4H2,1-2H3/q+1. The van der Waals surface area contributed by atoms with Gasteiger partial charge in [0.2, 0.25) is 0 Å². The van der Waals surface area contributed by atoms with Gasteiger partial charge in [-0.2, -0.15) is 0 Å². The van der Waals surface area contributed by atoms with Crippen molar-refractivity contribution < 1.29 is 13.9 Å². The first-order chi connectivity index (χ1) is 4.16. The Morgan fingerprint density at radius 3 is 2.67 bits per heavy atom. The molecule has 0 radical (unpaired) electrons. The first-order valence-electron chi connectivity index (χ1n) is 2.66. The van der Waals surface area contributed by atoms with Gasteiger partial charge in [-0.25, -0.2) is 0 Å². The molecule has 0 aliphatic heterocycles. The molecule has 0 N–H and O–H groups in total. The highest BCUT2D eigenvalue weighted by atomic mass is 31.1. The predicted molar refractivity (Wildman–Crippen MR) is 34.7 cm³/mol. The van der Waals surface area contributed by atoms with E-state index in [9.17, 15) is 9.36 Å². The van der Waals surface area contributed by atoms with Gasteiger partial charge < -0.3 is 4.79 Å². The van der Waals surface area contributed by atoms with Gasteiger partial charge in [0.25, 0.3) is 0 Å². The molecule has 0 fully saturated rings. The van der Waals surface area contributed by atoms with E-state index >= 15 is 0 Å². The Balaban J connectivity index is 3.26. The van der Waals surface area contributed by atoms with Gasteiger partial charge in [-0.1, -0.05) is 6.92 Å². The highest BCUT2D eigenvalue weighted by Crippen LogP contribution is 2.15. The van der Waals surface area contributed by atoms with Gasteiger partial charge in [-0.3, -0.25) is 0 Å². The van der Waals surface area contributed by atoms with Crippen LogP contribution >= 0.6 is 8.03 Å². The maximum Gasteiger partial charge on any atom is 0.504 e. The topological polar surface area (TPSA) is 43.4 Å². The van der Waals surface area contributed by atoms with E-state index in [1.165, 1.54) is 6.66 Å². The van der Waals surface area contributed by atoms with Gasteiger partial charge in [0.15, 0.2) is 6.66 Å². The normalized spacial score (nSPS) is 14.7. The predicted octanol–water partition coefficient (Wildman–Crippen LogP) is 1.21. The lowest BCUT2D eigenvalue weighted by Gasteiger charge is -1.92. The Hall–Kier alpha value is -0.270. The molecule has 0 saturated carbocycles. The van der Waals surface area contributed by atoms with Gasteiger partial charge in [-0.05, 0) is 4.57 Å². The van der Waals surface area contributed by atoms with Crippen molar-refractivity contribution in [3.8, 4) is 0 Å². The summed E-state index contributed by atoms with van der Waals surface area (Å²) in [6.07, 6.45) is 0.777. The molecule has 0 saturated heterocycles. The fourth-order valence-corrected chi connectivity index (χ4v) is 0.707. The van der Waals surface area contributed by atoms with E-state index < -0.39 is 8.03 Å². The van der Waals surface area contributed by atoms with Gasteiger partial charge in [0.1, 0.15) is 12.9 Å². The average molecular weight is 149 g/mol. The maximum absolute atomic E-state index is 10.3.